The van der Waals surface area contributed by atoms with Crippen LogP contribution in [0, 0.1) is 18.2 Å². The van der Waals surface area contributed by atoms with Crippen LogP contribution in [0.15, 0.2) is 29.1 Å². The van der Waals surface area contributed by atoms with Crippen LogP contribution in [0.3, 0.4) is 0 Å². The molecule has 0 radical (unpaired) electrons. The van der Waals surface area contributed by atoms with Gasteiger partial charge in [-0.1, -0.05) is 13.8 Å². The zero-order valence-electron chi connectivity index (χ0n) is 29.2. The maximum Gasteiger partial charge on any atom is 0.319 e. The van der Waals surface area contributed by atoms with Gasteiger partial charge in [0.1, 0.15) is 35.0 Å². The number of halogens is 1. The fourth-order valence-corrected chi connectivity index (χ4v) is 9.93. The molecule has 5 aromatic rings. The van der Waals surface area contributed by atoms with Crippen LogP contribution in [-0.4, -0.2) is 78.5 Å². The standard InChI is InChI=1S/C36H39FN8O3.C2H6/c1-21-13-26-24(16-40-43-26)27-23(21)6-5-22-14-39-32(48-22)36(46)17-34(18-36)7-2-10-44(19-34)31-25-15-38-30(27)28(37)29(25)41-33(42-31)47-20-35-8-3-11-45(35)12-4-9-35;1-2/h13-16,46H,2-12,17-20H2,1H3,(H,40,43);1-2H3. The van der Waals surface area contributed by atoms with Crippen LogP contribution in [0.5, 0.6) is 6.01 Å². The van der Waals surface area contributed by atoms with Crippen molar-refractivity contribution in [1.29, 1.82) is 0 Å². The molecule has 12 rings (SSSR count). The van der Waals surface area contributed by atoms with Crippen LogP contribution in [0.1, 0.15) is 88.0 Å². The molecular weight excluding hydrogens is 635 g/mol. The summed E-state index contributed by atoms with van der Waals surface area (Å²) in [6, 6.07) is 2.24. The van der Waals surface area contributed by atoms with E-state index in [1.54, 1.807) is 18.6 Å². The van der Waals surface area contributed by atoms with E-state index in [4.69, 9.17) is 24.1 Å². The molecule has 7 aliphatic rings. The Morgan fingerprint density at radius 1 is 0.980 bits per heavy atom. The molecule has 12 heteroatoms. The van der Waals surface area contributed by atoms with Crippen LogP contribution in [0.25, 0.3) is 33.1 Å². The van der Waals surface area contributed by atoms with E-state index in [1.165, 1.54) is 0 Å². The topological polar surface area (TPSA) is 129 Å². The van der Waals surface area contributed by atoms with Gasteiger partial charge in [0.2, 0.25) is 5.89 Å². The van der Waals surface area contributed by atoms with Gasteiger partial charge in [0.05, 0.1) is 28.8 Å². The smallest absolute Gasteiger partial charge is 0.319 e. The maximum atomic E-state index is 17.3. The van der Waals surface area contributed by atoms with E-state index in [0.29, 0.717) is 67.3 Å². The number of hydrogen-bond acceptors (Lipinski definition) is 10. The Kier molecular flexibility index (Phi) is 7.44. The van der Waals surface area contributed by atoms with Crippen LogP contribution in [0.4, 0.5) is 10.2 Å². The van der Waals surface area contributed by atoms with Crippen molar-refractivity contribution in [2.75, 3.05) is 37.7 Å². The van der Waals surface area contributed by atoms with Gasteiger partial charge in [-0.05, 0) is 100 Å². The summed E-state index contributed by atoms with van der Waals surface area (Å²) in [6.45, 7) is 10.1. The molecule has 1 aromatic carbocycles. The summed E-state index contributed by atoms with van der Waals surface area (Å²) in [6.07, 6.45) is 13.8. The minimum atomic E-state index is -1.11. The molecule has 1 aliphatic carbocycles. The third kappa shape index (κ3) is 4.85. The quantitative estimate of drug-likeness (QED) is 0.221. The number of piperidine rings is 1. The number of anilines is 1. The first kappa shape index (κ1) is 31.8. The monoisotopic (exact) mass is 680 g/mol. The van der Waals surface area contributed by atoms with Gasteiger partial charge < -0.3 is 19.2 Å². The summed E-state index contributed by atoms with van der Waals surface area (Å²) < 4.78 is 30.0. The number of pyridine rings is 1. The molecule has 0 unspecified atom stereocenters. The van der Waals surface area contributed by atoms with Crippen molar-refractivity contribution in [2.24, 2.45) is 5.41 Å². The van der Waals surface area contributed by atoms with Gasteiger partial charge in [0.25, 0.3) is 0 Å². The lowest BCUT2D eigenvalue weighted by atomic mass is 9.56. The molecule has 9 bridgehead atoms. The highest BCUT2D eigenvalue weighted by Crippen LogP contribution is 2.58. The van der Waals surface area contributed by atoms with E-state index < -0.39 is 11.4 Å². The molecule has 50 heavy (non-hydrogen) atoms. The van der Waals surface area contributed by atoms with E-state index in [9.17, 15) is 5.11 Å². The number of nitrogens with zero attached hydrogens (tertiary/aromatic N) is 7. The van der Waals surface area contributed by atoms with Crippen molar-refractivity contribution in [3.63, 3.8) is 0 Å². The fourth-order valence-electron chi connectivity index (χ4n) is 9.93. The maximum absolute atomic E-state index is 17.3. The number of aryl methyl sites for hydroxylation is 2. The molecular formula is C38H45FN8O3. The number of oxazole rings is 1. The minimum Gasteiger partial charge on any atom is -0.461 e. The molecule has 4 aromatic heterocycles. The van der Waals surface area contributed by atoms with E-state index in [0.717, 1.165) is 80.2 Å². The number of benzene rings is 1. The van der Waals surface area contributed by atoms with Gasteiger partial charge in [0.15, 0.2) is 5.82 Å². The normalized spacial score (nSPS) is 25.3. The Morgan fingerprint density at radius 2 is 1.78 bits per heavy atom. The molecule has 3 saturated heterocycles. The largest absolute Gasteiger partial charge is 0.461 e. The van der Waals surface area contributed by atoms with E-state index in [1.807, 2.05) is 26.8 Å². The molecule has 10 heterocycles. The van der Waals surface area contributed by atoms with Gasteiger partial charge >= 0.3 is 6.01 Å². The first-order valence-electron chi connectivity index (χ1n) is 18.4. The first-order chi connectivity index (χ1) is 24.3. The second kappa shape index (κ2) is 11.7. The van der Waals surface area contributed by atoms with Crippen LogP contribution in [-0.2, 0) is 18.4 Å². The van der Waals surface area contributed by atoms with E-state index in [-0.39, 0.29) is 28.2 Å². The number of H-pyrrole nitrogens is 1. The van der Waals surface area contributed by atoms with Crippen molar-refractivity contribution in [2.45, 2.75) is 96.1 Å². The van der Waals surface area contributed by atoms with Crippen LogP contribution < -0.4 is 9.64 Å². The van der Waals surface area contributed by atoms with Gasteiger partial charge in [-0.15, -0.1) is 0 Å². The predicted molar refractivity (Wildman–Crippen MR) is 188 cm³/mol. The fraction of sp³-hybridized carbons (Fsp3) is 0.553. The molecule has 0 amide bonds. The van der Waals surface area contributed by atoms with Crippen molar-refractivity contribution < 1.29 is 18.7 Å². The lowest BCUT2D eigenvalue weighted by molar-refractivity contribution is -0.154. The van der Waals surface area contributed by atoms with Crippen LogP contribution in [0.2, 0.25) is 0 Å². The average Bonchev–Trinajstić information content (AvgIpc) is 3.92. The molecule has 11 nitrogen and oxygen atoms in total. The lowest BCUT2D eigenvalue weighted by Gasteiger charge is -2.56. The summed E-state index contributed by atoms with van der Waals surface area (Å²) in [5, 5.41) is 20.4. The van der Waals surface area contributed by atoms with Crippen molar-refractivity contribution >= 4 is 27.6 Å². The minimum absolute atomic E-state index is 0.00123. The number of aromatic amines is 1. The summed E-state index contributed by atoms with van der Waals surface area (Å²) >= 11 is 0. The molecule has 4 fully saturated rings. The molecule has 1 saturated carbocycles. The van der Waals surface area contributed by atoms with Crippen molar-refractivity contribution in [1.82, 2.24) is 35.0 Å². The molecule has 262 valence electrons. The van der Waals surface area contributed by atoms with Gasteiger partial charge in [0, 0.05) is 36.7 Å². The number of ether oxygens (including phenoxy) is 1. The highest BCUT2D eigenvalue weighted by molar-refractivity contribution is 5.99. The Bertz CT molecular complexity index is 2090. The second-order valence-corrected chi connectivity index (χ2v) is 15.1. The van der Waals surface area contributed by atoms with Gasteiger partial charge in [-0.25, -0.2) is 9.37 Å². The third-order valence-electron chi connectivity index (χ3n) is 12.1. The Labute approximate surface area is 290 Å². The highest BCUT2D eigenvalue weighted by Gasteiger charge is 2.58. The first-order valence-corrected chi connectivity index (χ1v) is 18.4. The highest BCUT2D eigenvalue weighted by atomic mass is 19.1. The molecule has 2 N–H and O–H groups in total. The summed E-state index contributed by atoms with van der Waals surface area (Å²) in [5.41, 5.74) is 2.64. The van der Waals surface area contributed by atoms with Crippen LogP contribution >= 0.6 is 0 Å². The second-order valence-electron chi connectivity index (χ2n) is 15.1. The van der Waals surface area contributed by atoms with E-state index >= 15 is 4.39 Å². The lowest BCUT2D eigenvalue weighted by Crippen LogP contribution is -2.57. The third-order valence-corrected chi connectivity index (χ3v) is 12.1. The molecule has 0 atom stereocenters. The summed E-state index contributed by atoms with van der Waals surface area (Å²) in [4.78, 5) is 24.0. The zero-order valence-corrected chi connectivity index (χ0v) is 29.2. The van der Waals surface area contributed by atoms with E-state index in [2.05, 4.69) is 25.0 Å². The number of aromatic nitrogens is 6. The number of fused-ring (bicyclic) bond motifs is 2. The molecule has 1 spiro atoms. The number of nitrogens with one attached hydrogen (secondary N) is 1. The SMILES string of the molecule is CC.Cc1cc2[nH]ncc2c2c1CCc1cnc(o1)C1(O)CC3(CCCN(C3)c3nc(OCC45CCCN4CCC5)nc4c(F)c-2ncc34)C1. The predicted octanol–water partition coefficient (Wildman–Crippen LogP) is 6.40. The van der Waals surface area contributed by atoms with Gasteiger partial charge in [-0.3, -0.25) is 15.0 Å². The Morgan fingerprint density at radius 3 is 2.60 bits per heavy atom. The van der Waals surface area contributed by atoms with Crippen molar-refractivity contribution in [3.05, 3.63) is 53.3 Å². The summed E-state index contributed by atoms with van der Waals surface area (Å²) in [7, 11) is 0. The Hall–Kier alpha value is -4.16. The zero-order chi connectivity index (χ0) is 34.3. The summed E-state index contributed by atoms with van der Waals surface area (Å²) in [5.74, 6) is 1.22. The van der Waals surface area contributed by atoms with Gasteiger partial charge in [-0.2, -0.15) is 15.1 Å². The number of aliphatic hydroxyl groups is 1. The molecule has 6 aliphatic heterocycles. The number of hydrogen-bond donors (Lipinski definition) is 2. The number of rotatable bonds is 3. The Balaban J connectivity index is 0.00000165. The van der Waals surface area contributed by atoms with Crippen molar-refractivity contribution in [3.8, 4) is 17.3 Å². The average molecular weight is 681 g/mol.